The van der Waals surface area contributed by atoms with E-state index in [4.69, 9.17) is 0 Å². The summed E-state index contributed by atoms with van der Waals surface area (Å²) in [6.07, 6.45) is 1.10. The third-order valence-electron chi connectivity index (χ3n) is 2.99. The highest BCUT2D eigenvalue weighted by molar-refractivity contribution is 7.09. The molecule has 0 amide bonds. The third-order valence-corrected chi connectivity index (χ3v) is 3.92. The van der Waals surface area contributed by atoms with Gasteiger partial charge in [0.05, 0.1) is 0 Å². The van der Waals surface area contributed by atoms with Gasteiger partial charge >= 0.3 is 0 Å². The van der Waals surface area contributed by atoms with E-state index >= 15 is 0 Å². The van der Waals surface area contributed by atoms with Crippen LogP contribution in [-0.2, 0) is 6.42 Å². The molecule has 0 unspecified atom stereocenters. The predicted molar refractivity (Wildman–Crippen MR) is 80.4 cm³/mol. The number of hydrogen-bond donors (Lipinski definition) is 1. The Morgan fingerprint density at radius 2 is 1.95 bits per heavy atom. The molecule has 0 saturated heterocycles. The molecular weight excluding hydrogens is 259 g/mol. The van der Waals surface area contributed by atoms with Crippen LogP contribution in [0.25, 0.3) is 0 Å². The molecule has 4 heteroatoms. The van der Waals surface area contributed by atoms with Crippen LogP contribution in [0.4, 0.5) is 10.1 Å². The van der Waals surface area contributed by atoms with E-state index < -0.39 is 0 Å². The van der Waals surface area contributed by atoms with Crippen LogP contribution >= 0.6 is 11.3 Å². The van der Waals surface area contributed by atoms with E-state index in [0.29, 0.717) is 0 Å². The summed E-state index contributed by atoms with van der Waals surface area (Å²) in [6.45, 7) is 2.90. The second-order valence-electron chi connectivity index (χ2n) is 4.57. The number of thiophene rings is 1. The van der Waals surface area contributed by atoms with Gasteiger partial charge in [0.2, 0.25) is 0 Å². The first-order chi connectivity index (χ1) is 9.24. The summed E-state index contributed by atoms with van der Waals surface area (Å²) in [6, 6.07) is 10.7. The highest BCUT2D eigenvalue weighted by atomic mass is 32.1. The van der Waals surface area contributed by atoms with E-state index in [2.05, 4.69) is 34.8 Å². The van der Waals surface area contributed by atoms with Crippen molar-refractivity contribution in [2.45, 2.75) is 6.42 Å². The topological polar surface area (TPSA) is 15.3 Å². The van der Waals surface area contributed by atoms with Crippen LogP contribution in [0.15, 0.2) is 41.8 Å². The number of anilines is 1. The molecule has 102 valence electrons. The van der Waals surface area contributed by atoms with E-state index in [1.807, 2.05) is 11.3 Å². The fourth-order valence-electron chi connectivity index (χ4n) is 1.83. The van der Waals surface area contributed by atoms with Crippen LogP contribution in [0.5, 0.6) is 0 Å². The monoisotopic (exact) mass is 278 g/mol. The van der Waals surface area contributed by atoms with Gasteiger partial charge in [0.25, 0.3) is 0 Å². The van der Waals surface area contributed by atoms with Crippen molar-refractivity contribution in [2.24, 2.45) is 0 Å². The lowest BCUT2D eigenvalue weighted by Gasteiger charge is -2.16. The molecule has 1 N–H and O–H groups in total. The molecule has 0 fully saturated rings. The fourth-order valence-corrected chi connectivity index (χ4v) is 2.52. The van der Waals surface area contributed by atoms with E-state index in [1.165, 1.54) is 17.0 Å². The van der Waals surface area contributed by atoms with Gasteiger partial charge in [-0.2, -0.15) is 0 Å². The molecule has 1 heterocycles. The van der Waals surface area contributed by atoms with E-state index in [1.54, 1.807) is 12.1 Å². The highest BCUT2D eigenvalue weighted by Crippen LogP contribution is 2.10. The number of halogens is 1. The number of nitrogens with zero attached hydrogens (tertiary/aromatic N) is 1. The molecule has 1 aromatic heterocycles. The number of nitrogens with one attached hydrogen (secondary N) is 1. The fraction of sp³-hybridized carbons (Fsp3) is 0.333. The summed E-state index contributed by atoms with van der Waals surface area (Å²) >= 11 is 1.81. The van der Waals surface area contributed by atoms with E-state index in [9.17, 15) is 4.39 Å². The minimum Gasteiger partial charge on any atom is -0.384 e. The average Bonchev–Trinajstić information content (AvgIpc) is 2.92. The lowest BCUT2D eigenvalue weighted by Crippen LogP contribution is -2.27. The lowest BCUT2D eigenvalue weighted by molar-refractivity contribution is 0.352. The molecule has 0 aliphatic heterocycles. The lowest BCUT2D eigenvalue weighted by atomic mass is 10.3. The van der Waals surface area contributed by atoms with Crippen molar-refractivity contribution in [2.75, 3.05) is 32.0 Å². The number of benzene rings is 1. The first-order valence-corrected chi connectivity index (χ1v) is 7.32. The Bertz CT molecular complexity index is 467. The Kier molecular flexibility index (Phi) is 5.36. The largest absolute Gasteiger partial charge is 0.384 e. The van der Waals surface area contributed by atoms with Gasteiger partial charge in [-0.25, -0.2) is 4.39 Å². The van der Waals surface area contributed by atoms with Crippen LogP contribution in [0.2, 0.25) is 0 Å². The van der Waals surface area contributed by atoms with Crippen molar-refractivity contribution >= 4 is 17.0 Å². The van der Waals surface area contributed by atoms with Crippen molar-refractivity contribution in [1.82, 2.24) is 4.90 Å². The molecular formula is C15H19FN2S. The van der Waals surface area contributed by atoms with Gasteiger partial charge < -0.3 is 10.2 Å². The maximum atomic E-state index is 12.7. The second kappa shape index (κ2) is 7.26. The Labute approximate surface area is 117 Å². The van der Waals surface area contributed by atoms with Crippen molar-refractivity contribution in [3.8, 4) is 0 Å². The number of hydrogen-bond acceptors (Lipinski definition) is 3. The predicted octanol–water partition coefficient (Wildman–Crippen LogP) is 3.47. The van der Waals surface area contributed by atoms with Gasteiger partial charge in [0.15, 0.2) is 0 Å². The second-order valence-corrected chi connectivity index (χ2v) is 5.60. The number of likely N-dealkylation sites (N-methyl/N-ethyl adjacent to an activating group) is 1. The molecule has 2 rings (SSSR count). The SMILES string of the molecule is CN(CCNc1ccc(F)cc1)CCc1cccs1. The summed E-state index contributed by atoms with van der Waals surface area (Å²) in [7, 11) is 2.12. The zero-order valence-corrected chi connectivity index (χ0v) is 11.9. The third kappa shape index (κ3) is 5.01. The smallest absolute Gasteiger partial charge is 0.123 e. The van der Waals surface area contributed by atoms with Crippen molar-refractivity contribution in [1.29, 1.82) is 0 Å². The van der Waals surface area contributed by atoms with Crippen molar-refractivity contribution in [3.63, 3.8) is 0 Å². The molecule has 19 heavy (non-hydrogen) atoms. The standard InChI is InChI=1S/C15H19FN2S/c1-18(10-8-15-3-2-12-19-15)11-9-17-14-6-4-13(16)5-7-14/h2-7,12,17H,8-11H2,1H3. The van der Waals surface area contributed by atoms with Gasteiger partial charge in [-0.15, -0.1) is 11.3 Å². The van der Waals surface area contributed by atoms with Gasteiger partial charge in [-0.3, -0.25) is 0 Å². The Morgan fingerprint density at radius 3 is 2.63 bits per heavy atom. The molecule has 2 aromatic rings. The summed E-state index contributed by atoms with van der Waals surface area (Å²) in [4.78, 5) is 3.73. The first-order valence-electron chi connectivity index (χ1n) is 6.44. The van der Waals surface area contributed by atoms with Crippen LogP contribution in [0, 0.1) is 5.82 Å². The van der Waals surface area contributed by atoms with Gasteiger partial charge in [0, 0.05) is 30.2 Å². The van der Waals surface area contributed by atoms with Crippen LogP contribution in [0.3, 0.4) is 0 Å². The van der Waals surface area contributed by atoms with Gasteiger partial charge in [-0.1, -0.05) is 6.07 Å². The van der Waals surface area contributed by atoms with Crippen LogP contribution in [0.1, 0.15) is 4.88 Å². The van der Waals surface area contributed by atoms with E-state index in [-0.39, 0.29) is 5.82 Å². The quantitative estimate of drug-likeness (QED) is 0.834. The molecule has 0 atom stereocenters. The Morgan fingerprint density at radius 1 is 1.16 bits per heavy atom. The molecule has 1 aromatic carbocycles. The molecule has 0 spiro atoms. The highest BCUT2D eigenvalue weighted by Gasteiger charge is 2.00. The molecule has 0 saturated carbocycles. The normalized spacial score (nSPS) is 10.9. The Balaban J connectivity index is 1.63. The summed E-state index contributed by atoms with van der Waals surface area (Å²) in [5.74, 6) is -0.196. The van der Waals surface area contributed by atoms with Gasteiger partial charge in [0.1, 0.15) is 5.82 Å². The molecule has 0 radical (unpaired) electrons. The molecule has 0 aliphatic rings. The van der Waals surface area contributed by atoms with Crippen molar-refractivity contribution < 1.29 is 4.39 Å². The minimum atomic E-state index is -0.196. The maximum Gasteiger partial charge on any atom is 0.123 e. The zero-order chi connectivity index (χ0) is 13.5. The average molecular weight is 278 g/mol. The summed E-state index contributed by atoms with van der Waals surface area (Å²) in [5.41, 5.74) is 0.966. The van der Waals surface area contributed by atoms with Crippen LogP contribution in [-0.4, -0.2) is 31.6 Å². The maximum absolute atomic E-state index is 12.7. The van der Waals surface area contributed by atoms with E-state index in [0.717, 1.165) is 31.7 Å². The molecule has 0 bridgehead atoms. The molecule has 0 aliphatic carbocycles. The molecule has 2 nitrogen and oxygen atoms in total. The first kappa shape index (κ1) is 14.0. The zero-order valence-electron chi connectivity index (χ0n) is 11.1. The van der Waals surface area contributed by atoms with Gasteiger partial charge in [-0.05, 0) is 49.2 Å². The summed E-state index contributed by atoms with van der Waals surface area (Å²) in [5, 5.41) is 5.41. The minimum absolute atomic E-state index is 0.196. The van der Waals surface area contributed by atoms with Crippen molar-refractivity contribution in [3.05, 3.63) is 52.5 Å². The summed E-state index contributed by atoms with van der Waals surface area (Å²) < 4.78 is 12.7. The Hall–Kier alpha value is -1.39. The number of rotatable bonds is 7. The van der Waals surface area contributed by atoms with Crippen LogP contribution < -0.4 is 5.32 Å².